The minimum atomic E-state index is -0.848. The molecule has 0 N–H and O–H groups in total. The monoisotopic (exact) mass is 411 g/mol. The third-order valence-electron chi connectivity index (χ3n) is 5.93. The summed E-state index contributed by atoms with van der Waals surface area (Å²) in [6.45, 7) is 2.48. The lowest BCUT2D eigenvalue weighted by Crippen LogP contribution is -2.43. The third kappa shape index (κ3) is 2.75. The number of likely N-dealkylation sites (N-methyl/N-ethyl adjacent to an activating group) is 1. The number of fused-ring (bicyclic) bond motifs is 1. The van der Waals surface area contributed by atoms with Crippen molar-refractivity contribution < 1.29 is 18.3 Å². The van der Waals surface area contributed by atoms with E-state index in [4.69, 9.17) is 21.1 Å². The molecule has 0 bridgehead atoms. The van der Waals surface area contributed by atoms with E-state index >= 15 is 0 Å². The van der Waals surface area contributed by atoms with Crippen LogP contribution in [0, 0.1) is 5.82 Å². The second-order valence-corrected chi connectivity index (χ2v) is 8.07. The molecule has 2 atom stereocenters. The van der Waals surface area contributed by atoms with Gasteiger partial charge in [0.1, 0.15) is 36.1 Å². The summed E-state index contributed by atoms with van der Waals surface area (Å²) < 4.78 is 40.2. The van der Waals surface area contributed by atoms with Crippen LogP contribution < -0.4 is 14.4 Å². The second-order valence-electron chi connectivity index (χ2n) is 7.71. The number of halogens is 3. The van der Waals surface area contributed by atoms with Crippen LogP contribution >= 0.6 is 11.6 Å². The van der Waals surface area contributed by atoms with Crippen LogP contribution in [0.4, 0.5) is 14.6 Å². The Labute approximate surface area is 165 Å². The molecule has 150 valence electrons. The van der Waals surface area contributed by atoms with Gasteiger partial charge in [-0.3, -0.25) is 4.90 Å². The van der Waals surface area contributed by atoms with Crippen LogP contribution in [0.2, 0.25) is 5.15 Å². The molecule has 0 spiro atoms. The average Bonchev–Trinajstić information content (AvgIpc) is 3.13. The summed E-state index contributed by atoms with van der Waals surface area (Å²) in [5, 5.41) is 0.0684. The third-order valence-corrected chi connectivity index (χ3v) is 6.18. The Morgan fingerprint density at radius 3 is 3.04 bits per heavy atom. The minimum absolute atomic E-state index is 0.0133. The number of hydrogen-bond donors (Lipinski definition) is 0. The van der Waals surface area contributed by atoms with Gasteiger partial charge >= 0.3 is 6.01 Å². The molecule has 2 aromatic heterocycles. The maximum Gasteiger partial charge on any atom is 0.319 e. The van der Waals surface area contributed by atoms with E-state index < -0.39 is 12.0 Å². The number of rotatable bonds is 3. The molecule has 0 radical (unpaired) electrons. The molecule has 5 heterocycles. The van der Waals surface area contributed by atoms with Crippen LogP contribution in [0.15, 0.2) is 0 Å². The fourth-order valence-corrected chi connectivity index (χ4v) is 4.72. The Balaban J connectivity index is 1.54. The molecule has 0 unspecified atom stereocenters. The van der Waals surface area contributed by atoms with Gasteiger partial charge in [0, 0.05) is 20.0 Å². The van der Waals surface area contributed by atoms with Crippen molar-refractivity contribution in [3.63, 3.8) is 0 Å². The average molecular weight is 412 g/mol. The summed E-state index contributed by atoms with van der Waals surface area (Å²) in [5.74, 6) is -0.0479. The number of hydrogen-bond acceptors (Lipinski definition) is 7. The number of alkyl halides is 1. The van der Waals surface area contributed by atoms with Gasteiger partial charge in [-0.15, -0.1) is 0 Å². The maximum absolute atomic E-state index is 14.7. The molecule has 0 saturated carbocycles. The number of pyridine rings is 1. The van der Waals surface area contributed by atoms with E-state index in [9.17, 15) is 8.78 Å². The molecule has 5 rings (SSSR count). The smallest absolute Gasteiger partial charge is 0.319 e. The normalized spacial score (nSPS) is 27.0. The first kappa shape index (κ1) is 18.1. The summed E-state index contributed by atoms with van der Waals surface area (Å²) in [6, 6.07) is 0.0481. The van der Waals surface area contributed by atoms with Crippen LogP contribution in [0.1, 0.15) is 19.3 Å². The first-order valence-corrected chi connectivity index (χ1v) is 9.77. The highest BCUT2D eigenvalue weighted by atomic mass is 35.5. The lowest BCUT2D eigenvalue weighted by molar-refractivity contribution is 0.107. The van der Waals surface area contributed by atoms with E-state index in [1.54, 1.807) is 0 Å². The van der Waals surface area contributed by atoms with E-state index in [0.717, 1.165) is 19.4 Å². The van der Waals surface area contributed by atoms with Crippen LogP contribution in [-0.4, -0.2) is 71.5 Å². The van der Waals surface area contributed by atoms with Crippen molar-refractivity contribution in [1.29, 1.82) is 0 Å². The van der Waals surface area contributed by atoms with Crippen LogP contribution in [0.5, 0.6) is 11.9 Å². The molecular formula is C18H20ClF2N5O2. The zero-order valence-corrected chi connectivity index (χ0v) is 16.2. The molecule has 2 fully saturated rings. The fraction of sp³-hybridized carbons (Fsp3) is 0.611. The molecule has 0 amide bonds. The Kier molecular flexibility index (Phi) is 4.20. The van der Waals surface area contributed by atoms with Gasteiger partial charge in [-0.25, -0.2) is 8.78 Å². The Morgan fingerprint density at radius 1 is 1.32 bits per heavy atom. The molecule has 28 heavy (non-hydrogen) atoms. The van der Waals surface area contributed by atoms with Gasteiger partial charge in [-0.1, -0.05) is 11.6 Å². The molecule has 2 aromatic rings. The van der Waals surface area contributed by atoms with Gasteiger partial charge in [0.2, 0.25) is 5.88 Å². The van der Waals surface area contributed by atoms with Crippen LogP contribution in [0.25, 0.3) is 10.9 Å². The standard InChI is InChI=1S/C18H20ClF2N5O2/c1-25-5-6-27-16-11-13(12(21)14(19)23-16)22-17(24-15(11)25)28-9-18-3-2-4-26(18)8-10(20)7-18/h10H,2-9H2,1H3/t10-,18+/m1/s1. The van der Waals surface area contributed by atoms with Crippen molar-refractivity contribution in [2.45, 2.75) is 31.0 Å². The SMILES string of the molecule is CN1CCOc2nc(Cl)c(F)c3nc(OC[C@@]45CCCN4C[C@H](F)C5)nc1c23. The summed E-state index contributed by atoms with van der Waals surface area (Å²) >= 11 is 5.93. The highest BCUT2D eigenvalue weighted by Crippen LogP contribution is 2.41. The van der Waals surface area contributed by atoms with Gasteiger partial charge in [0.15, 0.2) is 11.0 Å². The van der Waals surface area contributed by atoms with E-state index in [0.29, 0.717) is 37.3 Å². The number of anilines is 1. The molecule has 10 heteroatoms. The first-order chi connectivity index (χ1) is 13.5. The predicted molar refractivity (Wildman–Crippen MR) is 99.6 cm³/mol. The number of ether oxygens (including phenoxy) is 2. The van der Waals surface area contributed by atoms with Crippen molar-refractivity contribution in [2.75, 3.05) is 44.8 Å². The quantitative estimate of drug-likeness (QED) is 0.719. The Bertz CT molecular complexity index is 948. The molecule has 0 aromatic carbocycles. The van der Waals surface area contributed by atoms with Crippen LogP contribution in [-0.2, 0) is 0 Å². The van der Waals surface area contributed by atoms with Crippen molar-refractivity contribution in [1.82, 2.24) is 19.9 Å². The summed E-state index contributed by atoms with van der Waals surface area (Å²) in [7, 11) is 1.83. The largest absolute Gasteiger partial charge is 0.475 e. The van der Waals surface area contributed by atoms with Gasteiger partial charge < -0.3 is 14.4 Å². The van der Waals surface area contributed by atoms with Gasteiger partial charge in [0.25, 0.3) is 0 Å². The molecule has 3 aliphatic rings. The van der Waals surface area contributed by atoms with Crippen molar-refractivity contribution in [3.05, 3.63) is 11.0 Å². The fourth-order valence-electron chi connectivity index (χ4n) is 4.55. The zero-order chi connectivity index (χ0) is 19.5. The van der Waals surface area contributed by atoms with E-state index in [1.807, 2.05) is 11.9 Å². The van der Waals surface area contributed by atoms with Gasteiger partial charge in [-0.05, 0) is 19.4 Å². The van der Waals surface area contributed by atoms with E-state index in [2.05, 4.69) is 19.9 Å². The molecule has 0 aliphatic carbocycles. The van der Waals surface area contributed by atoms with Gasteiger partial charge in [0.05, 0.1) is 12.1 Å². The number of nitrogens with zero attached hydrogens (tertiary/aromatic N) is 5. The zero-order valence-electron chi connectivity index (χ0n) is 15.4. The highest BCUT2D eigenvalue weighted by Gasteiger charge is 2.49. The van der Waals surface area contributed by atoms with Crippen molar-refractivity contribution in [2.24, 2.45) is 0 Å². The Hall–Kier alpha value is -2.00. The predicted octanol–water partition coefficient (Wildman–Crippen LogP) is 2.60. The van der Waals surface area contributed by atoms with Crippen molar-refractivity contribution in [3.8, 4) is 11.9 Å². The summed E-state index contributed by atoms with van der Waals surface area (Å²) in [5.41, 5.74) is -0.320. The van der Waals surface area contributed by atoms with E-state index in [-0.39, 0.29) is 34.7 Å². The Morgan fingerprint density at radius 2 is 2.18 bits per heavy atom. The lowest BCUT2D eigenvalue weighted by Gasteiger charge is -2.30. The van der Waals surface area contributed by atoms with Crippen LogP contribution in [0.3, 0.4) is 0 Å². The summed E-state index contributed by atoms with van der Waals surface area (Å²) in [4.78, 5) is 16.7. The molecule has 3 aliphatic heterocycles. The molecule has 2 saturated heterocycles. The highest BCUT2D eigenvalue weighted by molar-refractivity contribution is 6.30. The molecular weight excluding hydrogens is 392 g/mol. The lowest BCUT2D eigenvalue weighted by atomic mass is 9.95. The summed E-state index contributed by atoms with van der Waals surface area (Å²) in [6.07, 6.45) is 1.48. The topological polar surface area (TPSA) is 63.6 Å². The molecule has 7 nitrogen and oxygen atoms in total. The van der Waals surface area contributed by atoms with Gasteiger partial charge in [-0.2, -0.15) is 15.0 Å². The van der Waals surface area contributed by atoms with E-state index in [1.165, 1.54) is 0 Å². The van der Waals surface area contributed by atoms with Crippen molar-refractivity contribution >= 4 is 28.3 Å². The minimum Gasteiger partial charge on any atom is -0.475 e. The first-order valence-electron chi connectivity index (χ1n) is 9.39. The number of aromatic nitrogens is 3. The maximum atomic E-state index is 14.7. The second kappa shape index (κ2) is 6.52.